The number of rotatable bonds is 4. The molecule has 0 unspecified atom stereocenters. The van der Waals surface area contributed by atoms with E-state index < -0.39 is 34.7 Å². The first-order valence-corrected chi connectivity index (χ1v) is 8.24. The second-order valence-corrected chi connectivity index (χ2v) is 6.28. The molecule has 3 aromatic rings. The van der Waals surface area contributed by atoms with E-state index in [0.717, 1.165) is 29.1 Å². The highest BCUT2D eigenvalue weighted by molar-refractivity contribution is 6.33. The topological polar surface area (TPSA) is 107 Å². The molecular formula is C17H10ClF3N4O4. The predicted molar refractivity (Wildman–Crippen MR) is 97.7 cm³/mol. The van der Waals surface area contributed by atoms with E-state index in [1.165, 1.54) is 12.1 Å². The first-order chi connectivity index (χ1) is 13.6. The zero-order valence-electron chi connectivity index (χ0n) is 14.2. The normalized spacial score (nSPS) is 11.4. The van der Waals surface area contributed by atoms with Gasteiger partial charge in [0.05, 0.1) is 38.4 Å². The van der Waals surface area contributed by atoms with Crippen LogP contribution in [-0.2, 0) is 17.5 Å². The number of hydrogen-bond acceptors (Lipinski definition) is 5. The molecule has 1 N–H and O–H groups in total. The number of hydrogen-bond donors (Lipinski definition) is 1. The van der Waals surface area contributed by atoms with Crippen molar-refractivity contribution in [3.63, 3.8) is 0 Å². The number of alkyl halides is 3. The molecule has 0 aliphatic heterocycles. The van der Waals surface area contributed by atoms with E-state index in [4.69, 9.17) is 11.6 Å². The van der Waals surface area contributed by atoms with Crippen LogP contribution in [0.2, 0.25) is 5.02 Å². The monoisotopic (exact) mass is 426 g/mol. The van der Waals surface area contributed by atoms with Gasteiger partial charge in [0.25, 0.3) is 11.2 Å². The average molecular weight is 427 g/mol. The first kappa shape index (κ1) is 20.3. The lowest BCUT2D eigenvalue weighted by atomic mass is 10.2. The Hall–Kier alpha value is -3.47. The SMILES string of the molecule is O=C(Cn1cnc2ccc([N+](=O)[O-])cc2c1=O)Nc1cc(C(F)(F)F)ccc1Cl. The highest BCUT2D eigenvalue weighted by Crippen LogP contribution is 2.33. The molecular weight excluding hydrogens is 417 g/mol. The summed E-state index contributed by atoms with van der Waals surface area (Å²) in [5, 5.41) is 12.9. The number of halogens is 4. The molecule has 0 aliphatic carbocycles. The standard InChI is InChI=1S/C17H10ClF3N4O4/c18-12-3-1-9(17(19,20)21)5-14(12)23-15(26)7-24-8-22-13-4-2-10(25(28)29)6-11(13)16(24)27/h1-6,8H,7H2,(H,23,26). The number of carbonyl (C=O) groups excluding carboxylic acids is 1. The summed E-state index contributed by atoms with van der Waals surface area (Å²) in [6, 6.07) is 5.93. The fourth-order valence-corrected chi connectivity index (χ4v) is 2.68. The van der Waals surface area contributed by atoms with Crippen molar-refractivity contribution < 1.29 is 22.9 Å². The van der Waals surface area contributed by atoms with Crippen molar-refractivity contribution in [3.05, 3.63) is 73.8 Å². The average Bonchev–Trinajstić information content (AvgIpc) is 2.64. The maximum absolute atomic E-state index is 12.8. The lowest BCUT2D eigenvalue weighted by Crippen LogP contribution is -2.28. The summed E-state index contributed by atoms with van der Waals surface area (Å²) in [4.78, 5) is 38.8. The number of benzene rings is 2. The highest BCUT2D eigenvalue weighted by atomic mass is 35.5. The Labute approximate surface area is 164 Å². The molecule has 29 heavy (non-hydrogen) atoms. The molecule has 1 amide bonds. The zero-order chi connectivity index (χ0) is 21.3. The number of nitro groups is 1. The minimum absolute atomic E-state index is 0.0772. The van der Waals surface area contributed by atoms with Gasteiger partial charge in [-0.1, -0.05) is 11.6 Å². The Kier molecular flexibility index (Phi) is 5.25. The number of nitrogens with zero attached hydrogens (tertiary/aromatic N) is 3. The summed E-state index contributed by atoms with van der Waals surface area (Å²) < 4.78 is 39.3. The van der Waals surface area contributed by atoms with E-state index in [0.29, 0.717) is 6.07 Å². The quantitative estimate of drug-likeness (QED) is 0.506. The Morgan fingerprint density at radius 3 is 2.62 bits per heavy atom. The van der Waals surface area contributed by atoms with Crippen LogP contribution in [-0.4, -0.2) is 20.4 Å². The molecule has 2 aromatic carbocycles. The number of non-ortho nitro benzene ring substituents is 1. The van der Waals surface area contributed by atoms with Gasteiger partial charge in [-0.3, -0.25) is 24.3 Å². The molecule has 0 atom stereocenters. The van der Waals surface area contributed by atoms with Gasteiger partial charge in [0.15, 0.2) is 0 Å². The number of anilines is 1. The molecule has 0 radical (unpaired) electrons. The van der Waals surface area contributed by atoms with Crippen LogP contribution in [0.3, 0.4) is 0 Å². The van der Waals surface area contributed by atoms with Gasteiger partial charge in [-0.25, -0.2) is 4.98 Å². The van der Waals surface area contributed by atoms with Gasteiger partial charge in [0, 0.05) is 12.1 Å². The van der Waals surface area contributed by atoms with E-state index in [-0.39, 0.29) is 27.3 Å². The molecule has 1 heterocycles. The molecule has 3 rings (SSSR count). The molecule has 150 valence electrons. The van der Waals surface area contributed by atoms with Crippen molar-refractivity contribution in [1.82, 2.24) is 9.55 Å². The van der Waals surface area contributed by atoms with Crippen molar-refractivity contribution in [1.29, 1.82) is 0 Å². The van der Waals surface area contributed by atoms with E-state index in [2.05, 4.69) is 10.3 Å². The van der Waals surface area contributed by atoms with E-state index in [1.54, 1.807) is 0 Å². The van der Waals surface area contributed by atoms with Crippen LogP contribution in [0.15, 0.2) is 47.5 Å². The number of amides is 1. The second-order valence-electron chi connectivity index (χ2n) is 5.88. The number of aromatic nitrogens is 2. The van der Waals surface area contributed by atoms with E-state index in [1.807, 2.05) is 0 Å². The molecule has 0 spiro atoms. The third kappa shape index (κ3) is 4.35. The number of nitro benzene ring substituents is 1. The van der Waals surface area contributed by atoms with Crippen molar-refractivity contribution in [3.8, 4) is 0 Å². The van der Waals surface area contributed by atoms with Gasteiger partial charge in [-0.2, -0.15) is 13.2 Å². The van der Waals surface area contributed by atoms with Crippen LogP contribution < -0.4 is 10.9 Å². The predicted octanol–water partition coefficient (Wildman–Crippen LogP) is 3.62. The first-order valence-electron chi connectivity index (χ1n) is 7.86. The second kappa shape index (κ2) is 7.51. The Bertz CT molecular complexity index is 1190. The lowest BCUT2D eigenvalue weighted by molar-refractivity contribution is -0.384. The molecule has 12 heteroatoms. The molecule has 8 nitrogen and oxygen atoms in total. The highest BCUT2D eigenvalue weighted by Gasteiger charge is 2.31. The van der Waals surface area contributed by atoms with Crippen molar-refractivity contribution in [2.24, 2.45) is 0 Å². The maximum atomic E-state index is 12.8. The summed E-state index contributed by atoms with van der Waals surface area (Å²) in [5.41, 5.74) is -2.13. The number of carbonyl (C=O) groups is 1. The summed E-state index contributed by atoms with van der Waals surface area (Å²) in [5.74, 6) is -0.833. The van der Waals surface area contributed by atoms with Gasteiger partial charge >= 0.3 is 6.18 Å². The van der Waals surface area contributed by atoms with Crippen LogP contribution in [0.4, 0.5) is 24.5 Å². The Morgan fingerprint density at radius 2 is 1.97 bits per heavy atom. The zero-order valence-corrected chi connectivity index (χ0v) is 15.0. The molecule has 0 fully saturated rings. The van der Waals surface area contributed by atoms with Crippen LogP contribution in [0.5, 0.6) is 0 Å². The summed E-state index contributed by atoms with van der Waals surface area (Å²) >= 11 is 5.82. The van der Waals surface area contributed by atoms with Crippen molar-refractivity contribution in [2.75, 3.05) is 5.32 Å². The van der Waals surface area contributed by atoms with Gasteiger partial charge in [0.2, 0.25) is 5.91 Å². The summed E-state index contributed by atoms with van der Waals surface area (Å²) in [7, 11) is 0. The lowest BCUT2D eigenvalue weighted by Gasteiger charge is -2.12. The van der Waals surface area contributed by atoms with E-state index in [9.17, 15) is 32.9 Å². The molecule has 0 saturated heterocycles. The van der Waals surface area contributed by atoms with Crippen LogP contribution in [0.1, 0.15) is 5.56 Å². The van der Waals surface area contributed by atoms with Crippen LogP contribution in [0, 0.1) is 10.1 Å². The van der Waals surface area contributed by atoms with Gasteiger partial charge in [-0.15, -0.1) is 0 Å². The third-order valence-corrected chi connectivity index (χ3v) is 4.23. The third-order valence-electron chi connectivity index (χ3n) is 3.90. The minimum atomic E-state index is -4.63. The van der Waals surface area contributed by atoms with Gasteiger partial charge < -0.3 is 5.32 Å². The van der Waals surface area contributed by atoms with Gasteiger partial charge in [0.1, 0.15) is 6.54 Å². The smallest absolute Gasteiger partial charge is 0.323 e. The Morgan fingerprint density at radius 1 is 1.24 bits per heavy atom. The Balaban J connectivity index is 1.88. The van der Waals surface area contributed by atoms with Crippen molar-refractivity contribution in [2.45, 2.75) is 12.7 Å². The summed E-state index contributed by atoms with van der Waals surface area (Å²) in [6.45, 7) is -0.586. The van der Waals surface area contributed by atoms with Crippen LogP contribution in [0.25, 0.3) is 10.9 Å². The molecule has 1 aromatic heterocycles. The molecule has 0 aliphatic rings. The van der Waals surface area contributed by atoms with Crippen LogP contribution >= 0.6 is 11.6 Å². The fraction of sp³-hybridized carbons (Fsp3) is 0.118. The molecule has 0 saturated carbocycles. The van der Waals surface area contributed by atoms with E-state index >= 15 is 0 Å². The molecule has 0 bridgehead atoms. The largest absolute Gasteiger partial charge is 0.416 e. The number of nitrogens with one attached hydrogen (secondary N) is 1. The summed E-state index contributed by atoms with van der Waals surface area (Å²) in [6.07, 6.45) is -3.57. The maximum Gasteiger partial charge on any atom is 0.416 e. The van der Waals surface area contributed by atoms with Gasteiger partial charge in [-0.05, 0) is 24.3 Å². The number of fused-ring (bicyclic) bond motifs is 1. The minimum Gasteiger partial charge on any atom is -0.323 e. The fourth-order valence-electron chi connectivity index (χ4n) is 2.51. The van der Waals surface area contributed by atoms with Crippen molar-refractivity contribution >= 4 is 39.8 Å².